The van der Waals surface area contributed by atoms with Gasteiger partial charge >= 0.3 is 0 Å². The fourth-order valence-electron chi connectivity index (χ4n) is 2.22. The topological polar surface area (TPSA) is 87.2 Å². The van der Waals surface area contributed by atoms with Gasteiger partial charge in [0.15, 0.2) is 5.69 Å². The van der Waals surface area contributed by atoms with E-state index in [-0.39, 0.29) is 24.1 Å². The highest BCUT2D eigenvalue weighted by Gasteiger charge is 2.16. The van der Waals surface area contributed by atoms with Crippen molar-refractivity contribution in [1.82, 2.24) is 20.4 Å². The van der Waals surface area contributed by atoms with Gasteiger partial charge in [0.1, 0.15) is 5.82 Å². The van der Waals surface area contributed by atoms with E-state index in [1.165, 1.54) is 6.42 Å². The monoisotopic (exact) mass is 291 g/mol. The van der Waals surface area contributed by atoms with Gasteiger partial charge in [-0.1, -0.05) is 0 Å². The summed E-state index contributed by atoms with van der Waals surface area (Å²) >= 11 is 0. The van der Waals surface area contributed by atoms with Gasteiger partial charge in [-0.25, -0.2) is 0 Å². The van der Waals surface area contributed by atoms with Crippen molar-refractivity contribution >= 4 is 17.6 Å². The van der Waals surface area contributed by atoms with Crippen LogP contribution < -0.4 is 10.6 Å². The maximum atomic E-state index is 12.0. The van der Waals surface area contributed by atoms with Crippen molar-refractivity contribution < 1.29 is 9.59 Å². The molecule has 2 heterocycles. The lowest BCUT2D eigenvalue weighted by Crippen LogP contribution is -2.39. The molecule has 0 aliphatic carbocycles. The van der Waals surface area contributed by atoms with Gasteiger partial charge in [0.25, 0.3) is 5.91 Å². The van der Waals surface area contributed by atoms with Crippen LogP contribution >= 0.6 is 0 Å². The molecule has 0 spiro atoms. The molecule has 7 nitrogen and oxygen atoms in total. The van der Waals surface area contributed by atoms with Gasteiger partial charge in [0.2, 0.25) is 5.91 Å². The second-order valence-electron chi connectivity index (χ2n) is 4.96. The highest BCUT2D eigenvalue weighted by molar-refractivity contribution is 5.92. The van der Waals surface area contributed by atoms with Crippen LogP contribution in [0, 0.1) is 0 Å². The molecule has 2 amide bonds. The number of amides is 2. The third kappa shape index (κ3) is 4.40. The van der Waals surface area contributed by atoms with Crippen molar-refractivity contribution in [1.29, 1.82) is 0 Å². The average molecular weight is 291 g/mol. The van der Waals surface area contributed by atoms with Crippen molar-refractivity contribution in [3.8, 4) is 0 Å². The lowest BCUT2D eigenvalue weighted by molar-refractivity contribution is -0.130. The smallest absolute Gasteiger partial charge is 0.271 e. The Labute approximate surface area is 124 Å². The quantitative estimate of drug-likeness (QED) is 0.832. The van der Waals surface area contributed by atoms with Crippen LogP contribution in [0.2, 0.25) is 0 Å². The van der Waals surface area contributed by atoms with Crippen LogP contribution in [-0.4, -0.2) is 53.1 Å². The second kappa shape index (κ2) is 7.56. The molecule has 1 fully saturated rings. The van der Waals surface area contributed by atoms with Crippen molar-refractivity contribution in [3.63, 3.8) is 0 Å². The third-order valence-electron chi connectivity index (χ3n) is 3.36. The highest BCUT2D eigenvalue weighted by Crippen LogP contribution is 2.09. The molecule has 1 aromatic heterocycles. The summed E-state index contributed by atoms with van der Waals surface area (Å²) in [4.78, 5) is 25.4. The molecule has 0 atom stereocenters. The van der Waals surface area contributed by atoms with Gasteiger partial charge in [-0.15, -0.1) is 10.2 Å². The van der Waals surface area contributed by atoms with Crippen LogP contribution in [0.3, 0.4) is 0 Å². The van der Waals surface area contributed by atoms with Crippen molar-refractivity contribution in [3.05, 3.63) is 17.8 Å². The first kappa shape index (κ1) is 15.2. The fraction of sp³-hybridized carbons (Fsp3) is 0.571. The van der Waals surface area contributed by atoms with Crippen LogP contribution in [0.15, 0.2) is 12.1 Å². The van der Waals surface area contributed by atoms with Crippen LogP contribution in [0.1, 0.15) is 36.7 Å². The molecule has 1 aliphatic heterocycles. The molecule has 21 heavy (non-hydrogen) atoms. The summed E-state index contributed by atoms with van der Waals surface area (Å²) in [5.74, 6) is 0.318. The summed E-state index contributed by atoms with van der Waals surface area (Å²) < 4.78 is 0. The molecule has 0 bridgehead atoms. The zero-order valence-corrected chi connectivity index (χ0v) is 12.3. The van der Waals surface area contributed by atoms with E-state index in [2.05, 4.69) is 20.8 Å². The van der Waals surface area contributed by atoms with Gasteiger partial charge in [0, 0.05) is 19.6 Å². The van der Waals surface area contributed by atoms with Gasteiger partial charge in [-0.3, -0.25) is 9.59 Å². The number of nitrogens with one attached hydrogen (secondary N) is 2. The highest BCUT2D eigenvalue weighted by atomic mass is 16.2. The molecular formula is C14H21N5O2. The Morgan fingerprint density at radius 2 is 1.95 bits per heavy atom. The minimum absolute atomic E-state index is 0.0734. The van der Waals surface area contributed by atoms with Crippen molar-refractivity contribution in [2.24, 2.45) is 0 Å². The standard InChI is InChI=1S/C14H21N5O2/c1-2-15-14(21)11-6-7-12(18-17-11)16-10-13(20)19-8-4-3-5-9-19/h6-7H,2-5,8-10H2,1H3,(H,15,21)(H,16,18). The number of hydrogen-bond donors (Lipinski definition) is 2. The predicted octanol–water partition coefficient (Wildman–Crippen LogP) is 0.651. The molecule has 0 saturated carbocycles. The van der Waals surface area contributed by atoms with E-state index in [0.717, 1.165) is 25.9 Å². The van der Waals surface area contributed by atoms with E-state index in [9.17, 15) is 9.59 Å². The Morgan fingerprint density at radius 1 is 1.19 bits per heavy atom. The number of piperidine rings is 1. The van der Waals surface area contributed by atoms with E-state index in [1.807, 2.05) is 11.8 Å². The van der Waals surface area contributed by atoms with E-state index in [1.54, 1.807) is 12.1 Å². The van der Waals surface area contributed by atoms with E-state index >= 15 is 0 Å². The maximum Gasteiger partial charge on any atom is 0.271 e. The molecule has 2 rings (SSSR count). The van der Waals surface area contributed by atoms with E-state index in [4.69, 9.17) is 0 Å². The number of carbonyl (C=O) groups is 2. The Bertz CT molecular complexity index is 483. The van der Waals surface area contributed by atoms with E-state index in [0.29, 0.717) is 12.4 Å². The Morgan fingerprint density at radius 3 is 2.57 bits per heavy atom. The maximum absolute atomic E-state index is 12.0. The normalized spacial score (nSPS) is 14.6. The molecule has 0 aromatic carbocycles. The lowest BCUT2D eigenvalue weighted by Gasteiger charge is -2.26. The first-order valence-corrected chi connectivity index (χ1v) is 7.34. The number of carbonyl (C=O) groups excluding carboxylic acids is 2. The minimum Gasteiger partial charge on any atom is -0.360 e. The van der Waals surface area contributed by atoms with Crippen LogP contribution in [0.4, 0.5) is 5.82 Å². The van der Waals surface area contributed by atoms with Crippen LogP contribution in [-0.2, 0) is 4.79 Å². The SMILES string of the molecule is CCNC(=O)c1ccc(NCC(=O)N2CCCCC2)nn1. The summed E-state index contributed by atoms with van der Waals surface area (Å²) in [5.41, 5.74) is 0.268. The Kier molecular flexibility index (Phi) is 5.48. The molecular weight excluding hydrogens is 270 g/mol. The van der Waals surface area contributed by atoms with E-state index < -0.39 is 0 Å². The number of rotatable bonds is 5. The van der Waals surface area contributed by atoms with Crippen molar-refractivity contribution in [2.45, 2.75) is 26.2 Å². The largest absolute Gasteiger partial charge is 0.360 e. The number of nitrogens with zero attached hydrogens (tertiary/aromatic N) is 3. The summed E-state index contributed by atoms with van der Waals surface area (Å²) in [6, 6.07) is 3.24. The summed E-state index contributed by atoms with van der Waals surface area (Å²) in [6.45, 7) is 4.26. The molecule has 1 aliphatic rings. The molecule has 2 N–H and O–H groups in total. The minimum atomic E-state index is -0.249. The number of aromatic nitrogens is 2. The molecule has 1 saturated heterocycles. The fourth-order valence-corrected chi connectivity index (χ4v) is 2.22. The molecule has 0 radical (unpaired) electrons. The second-order valence-corrected chi connectivity index (χ2v) is 4.96. The zero-order chi connectivity index (χ0) is 15.1. The first-order valence-electron chi connectivity index (χ1n) is 7.34. The Balaban J connectivity index is 1.83. The molecule has 7 heteroatoms. The third-order valence-corrected chi connectivity index (χ3v) is 3.36. The average Bonchev–Trinajstić information content (AvgIpc) is 2.54. The van der Waals surface area contributed by atoms with Crippen LogP contribution in [0.25, 0.3) is 0 Å². The summed E-state index contributed by atoms with van der Waals surface area (Å²) in [5, 5.41) is 13.3. The van der Waals surface area contributed by atoms with Gasteiger partial charge in [0.05, 0.1) is 6.54 Å². The number of anilines is 1. The zero-order valence-electron chi connectivity index (χ0n) is 12.3. The van der Waals surface area contributed by atoms with Crippen molar-refractivity contribution in [2.75, 3.05) is 31.5 Å². The van der Waals surface area contributed by atoms with Gasteiger partial charge in [-0.2, -0.15) is 0 Å². The first-order chi connectivity index (χ1) is 10.2. The van der Waals surface area contributed by atoms with Gasteiger partial charge < -0.3 is 15.5 Å². The lowest BCUT2D eigenvalue weighted by atomic mass is 10.1. The Hall–Kier alpha value is -2.18. The van der Waals surface area contributed by atoms with Gasteiger partial charge in [-0.05, 0) is 38.3 Å². The molecule has 114 valence electrons. The molecule has 0 unspecified atom stereocenters. The number of likely N-dealkylation sites (tertiary alicyclic amines) is 1. The summed E-state index contributed by atoms with van der Waals surface area (Å²) in [6.07, 6.45) is 3.35. The molecule has 1 aromatic rings. The predicted molar refractivity (Wildman–Crippen MR) is 79.0 cm³/mol. The number of hydrogen-bond acceptors (Lipinski definition) is 5. The summed E-state index contributed by atoms with van der Waals surface area (Å²) in [7, 11) is 0. The van der Waals surface area contributed by atoms with Crippen LogP contribution in [0.5, 0.6) is 0 Å².